The summed E-state index contributed by atoms with van der Waals surface area (Å²) in [5, 5.41) is 11.3. The van der Waals surface area contributed by atoms with E-state index in [-0.39, 0.29) is 0 Å². The van der Waals surface area contributed by atoms with E-state index < -0.39 is 0 Å². The van der Waals surface area contributed by atoms with E-state index >= 15 is 0 Å². The van der Waals surface area contributed by atoms with Gasteiger partial charge in [0.25, 0.3) is 0 Å². The van der Waals surface area contributed by atoms with Gasteiger partial charge in [-0.2, -0.15) is 5.10 Å². The molecule has 0 aliphatic rings. The zero-order valence-electron chi connectivity index (χ0n) is 9.73. The van der Waals surface area contributed by atoms with Crippen LogP contribution in [0.4, 0.5) is 5.82 Å². The van der Waals surface area contributed by atoms with Gasteiger partial charge in [-0.05, 0) is 11.8 Å². The molecule has 0 spiro atoms. The van der Waals surface area contributed by atoms with E-state index in [9.17, 15) is 0 Å². The van der Waals surface area contributed by atoms with Crippen molar-refractivity contribution in [3.05, 3.63) is 11.8 Å². The molecule has 0 aliphatic carbocycles. The first-order valence-electron chi connectivity index (χ1n) is 5.18. The highest BCUT2D eigenvalue weighted by atomic mass is 15.3. The fraction of sp³-hybridized carbons (Fsp3) is 0.545. The van der Waals surface area contributed by atoms with Crippen molar-refractivity contribution in [2.24, 2.45) is 10.9 Å². The lowest BCUT2D eigenvalue weighted by atomic mass is 10.1. The SMILES string of the molecule is CC(C)/C=N\c1c(C(C)C)cnn1C=N. The molecule has 0 saturated carbocycles. The number of nitrogens with zero attached hydrogens (tertiary/aromatic N) is 3. The molecule has 0 fully saturated rings. The third kappa shape index (κ3) is 2.75. The van der Waals surface area contributed by atoms with Crippen LogP contribution in [0.3, 0.4) is 0 Å². The molecule has 0 radical (unpaired) electrons. The first-order chi connectivity index (χ1) is 7.06. The molecule has 4 nitrogen and oxygen atoms in total. The van der Waals surface area contributed by atoms with Crippen LogP contribution in [-0.4, -0.2) is 22.3 Å². The molecule has 0 atom stereocenters. The van der Waals surface area contributed by atoms with Gasteiger partial charge in [0.2, 0.25) is 0 Å². The van der Waals surface area contributed by atoms with Gasteiger partial charge in [0.15, 0.2) is 5.82 Å². The van der Waals surface area contributed by atoms with Crippen LogP contribution in [0.1, 0.15) is 39.2 Å². The molecule has 1 aromatic rings. The molecule has 1 heterocycles. The summed E-state index contributed by atoms with van der Waals surface area (Å²) in [6.45, 7) is 8.34. The topological polar surface area (TPSA) is 54.0 Å². The molecule has 1 aromatic heterocycles. The number of aliphatic imine (C=N–C) groups is 1. The lowest BCUT2D eigenvalue weighted by molar-refractivity contribution is 0.862. The van der Waals surface area contributed by atoms with E-state index in [1.165, 1.54) is 11.0 Å². The monoisotopic (exact) mass is 206 g/mol. The number of hydrogen-bond acceptors (Lipinski definition) is 3. The summed E-state index contributed by atoms with van der Waals surface area (Å²) < 4.78 is 1.49. The van der Waals surface area contributed by atoms with Gasteiger partial charge in [-0.25, -0.2) is 9.67 Å². The van der Waals surface area contributed by atoms with Gasteiger partial charge in [-0.1, -0.05) is 27.7 Å². The zero-order valence-corrected chi connectivity index (χ0v) is 9.73. The second-order valence-electron chi connectivity index (χ2n) is 4.17. The Balaban J connectivity index is 3.10. The van der Waals surface area contributed by atoms with Crippen LogP contribution in [-0.2, 0) is 0 Å². The van der Waals surface area contributed by atoms with Crippen LogP contribution < -0.4 is 0 Å². The van der Waals surface area contributed by atoms with E-state index in [1.54, 1.807) is 6.20 Å². The minimum Gasteiger partial charge on any atom is -0.289 e. The van der Waals surface area contributed by atoms with Crippen molar-refractivity contribution in [2.75, 3.05) is 0 Å². The van der Waals surface area contributed by atoms with E-state index in [0.717, 1.165) is 11.4 Å². The highest BCUT2D eigenvalue weighted by molar-refractivity contribution is 5.69. The van der Waals surface area contributed by atoms with Crippen molar-refractivity contribution in [3.63, 3.8) is 0 Å². The smallest absolute Gasteiger partial charge is 0.159 e. The molecular weight excluding hydrogens is 188 g/mol. The van der Waals surface area contributed by atoms with Gasteiger partial charge in [0, 0.05) is 11.8 Å². The summed E-state index contributed by atoms with van der Waals surface area (Å²) in [4.78, 5) is 4.38. The lowest BCUT2D eigenvalue weighted by Gasteiger charge is -2.04. The predicted octanol–water partition coefficient (Wildman–Crippen LogP) is 2.82. The Hall–Kier alpha value is -1.45. The Morgan fingerprint density at radius 3 is 2.53 bits per heavy atom. The summed E-state index contributed by atoms with van der Waals surface area (Å²) in [6, 6.07) is 0. The maximum atomic E-state index is 7.23. The fourth-order valence-corrected chi connectivity index (χ4v) is 1.22. The Bertz CT molecular complexity index is 361. The minimum absolute atomic E-state index is 0.373. The van der Waals surface area contributed by atoms with Crippen molar-refractivity contribution in [1.82, 2.24) is 9.78 Å². The van der Waals surface area contributed by atoms with E-state index in [1.807, 2.05) is 6.21 Å². The second kappa shape index (κ2) is 4.87. The van der Waals surface area contributed by atoms with Crippen molar-refractivity contribution in [3.8, 4) is 0 Å². The number of hydrogen-bond donors (Lipinski definition) is 1. The van der Waals surface area contributed by atoms with Crippen LogP contribution in [0.15, 0.2) is 11.2 Å². The van der Waals surface area contributed by atoms with Crippen LogP contribution in [0.5, 0.6) is 0 Å². The Morgan fingerprint density at radius 1 is 1.40 bits per heavy atom. The summed E-state index contributed by atoms with van der Waals surface area (Å²) in [5.41, 5.74) is 1.08. The largest absolute Gasteiger partial charge is 0.289 e. The molecule has 0 unspecified atom stereocenters. The molecule has 82 valence electrons. The maximum Gasteiger partial charge on any atom is 0.159 e. The summed E-state index contributed by atoms with van der Waals surface area (Å²) in [5.74, 6) is 1.55. The van der Waals surface area contributed by atoms with Crippen molar-refractivity contribution >= 4 is 18.4 Å². The van der Waals surface area contributed by atoms with E-state index in [0.29, 0.717) is 11.8 Å². The predicted molar refractivity (Wildman–Crippen MR) is 63.5 cm³/mol. The van der Waals surface area contributed by atoms with Crippen LogP contribution in [0.2, 0.25) is 0 Å². The Morgan fingerprint density at radius 2 is 2.07 bits per heavy atom. The van der Waals surface area contributed by atoms with Gasteiger partial charge in [-0.15, -0.1) is 0 Å². The number of aromatic nitrogens is 2. The van der Waals surface area contributed by atoms with Gasteiger partial charge in [0.1, 0.15) is 6.34 Å². The molecule has 0 amide bonds. The van der Waals surface area contributed by atoms with Crippen molar-refractivity contribution in [1.29, 1.82) is 5.41 Å². The Kier molecular flexibility index (Phi) is 3.77. The normalized spacial score (nSPS) is 11.9. The summed E-state index contributed by atoms with van der Waals surface area (Å²) >= 11 is 0. The molecule has 0 aliphatic heterocycles. The first kappa shape index (κ1) is 11.6. The van der Waals surface area contributed by atoms with Crippen LogP contribution in [0.25, 0.3) is 0 Å². The van der Waals surface area contributed by atoms with Gasteiger partial charge < -0.3 is 0 Å². The molecule has 0 bridgehead atoms. The summed E-state index contributed by atoms with van der Waals surface area (Å²) in [6.07, 6.45) is 4.84. The quantitative estimate of drug-likeness (QED) is 0.597. The van der Waals surface area contributed by atoms with Gasteiger partial charge in [-0.3, -0.25) is 5.41 Å². The van der Waals surface area contributed by atoms with E-state index in [4.69, 9.17) is 5.41 Å². The second-order valence-corrected chi connectivity index (χ2v) is 4.17. The maximum absolute atomic E-state index is 7.23. The molecule has 1 N–H and O–H groups in total. The molecule has 4 heteroatoms. The van der Waals surface area contributed by atoms with Gasteiger partial charge in [0.05, 0.1) is 6.20 Å². The third-order valence-corrected chi connectivity index (χ3v) is 2.04. The van der Waals surface area contributed by atoms with Gasteiger partial charge >= 0.3 is 0 Å². The van der Waals surface area contributed by atoms with Crippen LogP contribution >= 0.6 is 0 Å². The number of nitrogens with one attached hydrogen (secondary N) is 1. The first-order valence-corrected chi connectivity index (χ1v) is 5.18. The number of rotatable bonds is 4. The fourth-order valence-electron chi connectivity index (χ4n) is 1.22. The minimum atomic E-state index is 0.373. The molecule has 0 saturated heterocycles. The average molecular weight is 206 g/mol. The molecular formula is C11H18N4. The summed E-state index contributed by atoms with van der Waals surface area (Å²) in [7, 11) is 0. The van der Waals surface area contributed by atoms with Crippen molar-refractivity contribution < 1.29 is 0 Å². The zero-order chi connectivity index (χ0) is 11.4. The lowest BCUT2D eigenvalue weighted by Crippen LogP contribution is -1.97. The third-order valence-electron chi connectivity index (χ3n) is 2.04. The average Bonchev–Trinajstić information content (AvgIpc) is 2.57. The standard InChI is InChI=1S/C11H18N4/c1-8(2)5-13-11-10(9(3)4)6-14-15(11)7-12/h5-9,12H,1-4H3/b12-7?,13-5-. The van der Waals surface area contributed by atoms with E-state index in [2.05, 4.69) is 37.8 Å². The molecule has 15 heavy (non-hydrogen) atoms. The highest BCUT2D eigenvalue weighted by Gasteiger charge is 2.11. The molecule has 1 rings (SSSR count). The van der Waals surface area contributed by atoms with Crippen molar-refractivity contribution in [2.45, 2.75) is 33.6 Å². The molecule has 0 aromatic carbocycles. The highest BCUT2D eigenvalue weighted by Crippen LogP contribution is 2.25. The van der Waals surface area contributed by atoms with Crippen LogP contribution in [0, 0.1) is 11.3 Å². The Labute approximate surface area is 90.5 Å².